The van der Waals surface area contributed by atoms with Crippen molar-refractivity contribution in [3.8, 4) is 11.8 Å². The van der Waals surface area contributed by atoms with Gasteiger partial charge in [-0.2, -0.15) is 5.26 Å². The fourth-order valence-electron chi connectivity index (χ4n) is 6.13. The van der Waals surface area contributed by atoms with Gasteiger partial charge < -0.3 is 25.2 Å². The first-order chi connectivity index (χ1) is 21.5. The zero-order valence-corrected chi connectivity index (χ0v) is 24.5. The third kappa shape index (κ3) is 6.18. The molecule has 2 aliphatic carbocycles. The normalized spacial score (nSPS) is 23.3. The number of nitrogens with zero attached hydrogens (tertiary/aromatic N) is 3. The van der Waals surface area contributed by atoms with Gasteiger partial charge in [-0.15, -0.1) is 0 Å². The Labute approximate surface area is 257 Å². The van der Waals surface area contributed by atoms with Crippen molar-refractivity contribution in [2.45, 2.75) is 68.7 Å². The van der Waals surface area contributed by atoms with Gasteiger partial charge in [0.2, 0.25) is 17.4 Å². The quantitative estimate of drug-likeness (QED) is 0.440. The van der Waals surface area contributed by atoms with Gasteiger partial charge in [0.05, 0.1) is 12.6 Å². The van der Waals surface area contributed by atoms with Crippen LogP contribution in [-0.4, -0.2) is 70.7 Å². The van der Waals surface area contributed by atoms with E-state index in [2.05, 4.69) is 10.6 Å². The first-order valence-corrected chi connectivity index (χ1v) is 15.0. The molecule has 45 heavy (non-hydrogen) atoms. The van der Waals surface area contributed by atoms with E-state index in [9.17, 15) is 37.6 Å². The van der Waals surface area contributed by atoms with Crippen LogP contribution in [0.15, 0.2) is 36.4 Å². The molecule has 2 N–H and O–H groups in total. The number of benzene rings is 2. The zero-order valence-electron chi connectivity index (χ0n) is 24.5. The standard InChI is InChI=1S/C32H32F3N5O5/c1-39(29(42)24(10-17-2-3-17)37-28(41)19-6-8-20(33)9-7-19)25(11-18-4-5-18)30(43)40-16-32(14-22(40)15-36)31(44)38-27-23(35)12-21(34)13-26(27)45-32/h6-9,12-13,17-18,22,24-25H,2-5,10-11,14,16H2,1H3,(H,37,41)(H,38,44)/t22-,24-,25-,32+/m0/s1. The molecule has 0 unspecified atom stereocenters. The molecule has 1 spiro atoms. The van der Waals surface area contributed by atoms with Crippen LogP contribution in [0, 0.1) is 40.6 Å². The summed E-state index contributed by atoms with van der Waals surface area (Å²) in [4.78, 5) is 56.9. The Hall–Kier alpha value is -4.60. The maximum atomic E-state index is 14.3. The number of carbonyl (C=O) groups is 4. The smallest absolute Gasteiger partial charge is 0.270 e. The van der Waals surface area contributed by atoms with Gasteiger partial charge in [-0.1, -0.05) is 25.7 Å². The van der Waals surface area contributed by atoms with Crippen molar-refractivity contribution < 1.29 is 37.1 Å². The number of fused-ring (bicyclic) bond motifs is 1. The highest BCUT2D eigenvalue weighted by molar-refractivity contribution is 6.02. The molecule has 10 nitrogen and oxygen atoms in total. The number of hydrogen-bond acceptors (Lipinski definition) is 6. The molecule has 0 bridgehead atoms. The first-order valence-electron chi connectivity index (χ1n) is 15.0. The van der Waals surface area contributed by atoms with Crippen LogP contribution in [-0.2, 0) is 14.4 Å². The van der Waals surface area contributed by atoms with Crippen LogP contribution in [0.1, 0.15) is 55.3 Å². The third-order valence-electron chi connectivity index (χ3n) is 9.06. The third-order valence-corrected chi connectivity index (χ3v) is 9.06. The van der Waals surface area contributed by atoms with Gasteiger partial charge in [0.1, 0.15) is 35.4 Å². The molecule has 2 heterocycles. The second-order valence-electron chi connectivity index (χ2n) is 12.5. The van der Waals surface area contributed by atoms with Crippen molar-refractivity contribution >= 4 is 29.3 Å². The monoisotopic (exact) mass is 623 g/mol. The molecule has 236 valence electrons. The molecule has 3 fully saturated rings. The van der Waals surface area contributed by atoms with Crippen LogP contribution in [0.25, 0.3) is 0 Å². The maximum absolute atomic E-state index is 14.3. The van der Waals surface area contributed by atoms with Crippen LogP contribution in [0.5, 0.6) is 5.75 Å². The molecule has 2 saturated carbocycles. The van der Waals surface area contributed by atoms with E-state index >= 15 is 0 Å². The molecular formula is C32H32F3N5O5. The molecule has 1 saturated heterocycles. The van der Waals surface area contributed by atoms with Crippen molar-refractivity contribution in [3.05, 3.63) is 59.4 Å². The van der Waals surface area contributed by atoms with Crippen LogP contribution in [0.2, 0.25) is 0 Å². The van der Waals surface area contributed by atoms with Crippen LogP contribution in [0.4, 0.5) is 18.9 Å². The highest BCUT2D eigenvalue weighted by Gasteiger charge is 2.57. The van der Waals surface area contributed by atoms with Crippen LogP contribution < -0.4 is 15.4 Å². The van der Waals surface area contributed by atoms with Crippen molar-refractivity contribution in [2.75, 3.05) is 18.9 Å². The SMILES string of the molecule is CN(C(=O)[C@H](CC1CC1)NC(=O)c1ccc(F)cc1)[C@@H](CC1CC1)C(=O)N1C[C@@]2(C[C@H]1C#N)Oc1cc(F)cc(F)c1NC2=O. The summed E-state index contributed by atoms with van der Waals surface area (Å²) >= 11 is 0. The Morgan fingerprint density at radius 3 is 2.40 bits per heavy atom. The zero-order chi connectivity index (χ0) is 32.0. The lowest BCUT2D eigenvalue weighted by Gasteiger charge is -2.36. The summed E-state index contributed by atoms with van der Waals surface area (Å²) in [5.74, 6) is -4.65. The van der Waals surface area contributed by atoms with E-state index < -0.39 is 64.8 Å². The minimum absolute atomic E-state index is 0.175. The average molecular weight is 624 g/mol. The number of hydrogen-bond donors (Lipinski definition) is 2. The topological polar surface area (TPSA) is 132 Å². The molecule has 4 aliphatic rings. The van der Waals surface area contributed by atoms with Gasteiger partial charge in [-0.3, -0.25) is 19.2 Å². The number of halogens is 3. The Morgan fingerprint density at radius 2 is 1.76 bits per heavy atom. The number of carbonyl (C=O) groups excluding carboxylic acids is 4. The summed E-state index contributed by atoms with van der Waals surface area (Å²) in [6.45, 7) is -0.372. The Morgan fingerprint density at radius 1 is 1.09 bits per heavy atom. The van der Waals surface area contributed by atoms with E-state index in [4.69, 9.17) is 4.74 Å². The maximum Gasteiger partial charge on any atom is 0.270 e. The van der Waals surface area contributed by atoms with Gasteiger partial charge in [-0.05, 0) is 48.9 Å². The van der Waals surface area contributed by atoms with Crippen molar-refractivity contribution in [1.29, 1.82) is 5.26 Å². The van der Waals surface area contributed by atoms with Gasteiger partial charge in [-0.25, -0.2) is 13.2 Å². The predicted octanol–water partition coefficient (Wildman–Crippen LogP) is 3.52. The molecule has 0 radical (unpaired) electrons. The lowest BCUT2D eigenvalue weighted by molar-refractivity contribution is -0.147. The van der Waals surface area contributed by atoms with Crippen molar-refractivity contribution in [1.82, 2.24) is 15.1 Å². The molecular weight excluding hydrogens is 591 g/mol. The van der Waals surface area contributed by atoms with E-state index in [0.717, 1.165) is 43.9 Å². The van der Waals surface area contributed by atoms with E-state index in [-0.39, 0.29) is 41.8 Å². The van der Waals surface area contributed by atoms with Crippen molar-refractivity contribution in [3.63, 3.8) is 0 Å². The summed E-state index contributed by atoms with van der Waals surface area (Å²) in [7, 11) is 1.48. The molecule has 2 aliphatic heterocycles. The number of likely N-dealkylation sites (N-methyl/N-ethyl adjacent to an activating group) is 1. The number of nitrogens with one attached hydrogen (secondary N) is 2. The predicted molar refractivity (Wildman–Crippen MR) is 153 cm³/mol. The summed E-state index contributed by atoms with van der Waals surface area (Å²) in [5.41, 5.74) is -1.91. The van der Waals surface area contributed by atoms with Gasteiger partial charge >= 0.3 is 0 Å². The fraction of sp³-hybridized carbons (Fsp3) is 0.469. The number of rotatable bonds is 9. The van der Waals surface area contributed by atoms with Crippen molar-refractivity contribution in [2.24, 2.45) is 11.8 Å². The van der Waals surface area contributed by atoms with Gasteiger partial charge in [0, 0.05) is 31.2 Å². The Bertz CT molecular complexity index is 1590. The number of ether oxygens (including phenoxy) is 1. The van der Waals surface area contributed by atoms with Gasteiger partial charge in [0.25, 0.3) is 11.8 Å². The number of anilines is 1. The molecule has 6 rings (SSSR count). The number of nitriles is 1. The minimum atomic E-state index is -1.77. The summed E-state index contributed by atoms with van der Waals surface area (Å²) < 4.78 is 47.6. The largest absolute Gasteiger partial charge is 0.473 e. The lowest BCUT2D eigenvalue weighted by Crippen LogP contribution is -2.57. The number of amides is 4. The van der Waals surface area contributed by atoms with E-state index in [0.29, 0.717) is 18.9 Å². The molecule has 13 heteroatoms. The summed E-state index contributed by atoms with van der Waals surface area (Å²) in [6.07, 6.45) is 3.98. The highest BCUT2D eigenvalue weighted by Crippen LogP contribution is 2.43. The average Bonchev–Trinajstić information content (AvgIpc) is 3.95. The summed E-state index contributed by atoms with van der Waals surface area (Å²) in [5, 5.41) is 15.2. The molecule has 4 atom stereocenters. The number of likely N-dealkylation sites (tertiary alicyclic amines) is 1. The fourth-order valence-corrected chi connectivity index (χ4v) is 6.13. The van der Waals surface area contributed by atoms with Crippen LogP contribution >= 0.6 is 0 Å². The second kappa shape index (κ2) is 11.7. The first kappa shape index (κ1) is 30.4. The van der Waals surface area contributed by atoms with E-state index in [1.165, 1.54) is 29.0 Å². The molecule has 0 aromatic heterocycles. The highest BCUT2D eigenvalue weighted by atomic mass is 19.1. The second-order valence-corrected chi connectivity index (χ2v) is 12.5. The van der Waals surface area contributed by atoms with E-state index in [1.807, 2.05) is 6.07 Å². The molecule has 2 aromatic rings. The lowest BCUT2D eigenvalue weighted by atomic mass is 9.97. The Kier molecular flexibility index (Phi) is 7.93. The van der Waals surface area contributed by atoms with Gasteiger partial charge in [0.15, 0.2) is 11.6 Å². The Balaban J connectivity index is 1.23. The summed E-state index contributed by atoms with van der Waals surface area (Å²) in [6, 6.07) is 5.45. The van der Waals surface area contributed by atoms with Crippen LogP contribution in [0.3, 0.4) is 0 Å². The molecule has 4 amide bonds. The van der Waals surface area contributed by atoms with E-state index in [1.54, 1.807) is 0 Å². The molecule has 2 aromatic carbocycles. The minimum Gasteiger partial charge on any atom is -0.473 e.